The first-order chi connectivity index (χ1) is 17.9. The van der Waals surface area contributed by atoms with Crippen LogP contribution in [0.3, 0.4) is 0 Å². The fraction of sp³-hybridized carbons (Fsp3) is 0.167. The van der Waals surface area contributed by atoms with Crippen molar-refractivity contribution in [2.75, 3.05) is 28.6 Å². The van der Waals surface area contributed by atoms with E-state index in [1.807, 2.05) is 0 Å². The van der Waals surface area contributed by atoms with E-state index in [1.165, 1.54) is 42.7 Å². The number of nitrogens with one attached hydrogen (secondary N) is 3. The lowest BCUT2D eigenvalue weighted by Crippen LogP contribution is -2.20. The zero-order chi connectivity index (χ0) is 25.8. The third-order valence-corrected chi connectivity index (χ3v) is 7.38. The molecule has 0 saturated carbocycles. The van der Waals surface area contributed by atoms with E-state index in [9.17, 15) is 12.8 Å². The SMILES string of the molecule is O=S(=O)(Nc1ccc(Nc2ccncc2-c2ncnc(N[C@H]3CCOC3)n2)cc1F)c1ccccc1Cl. The van der Waals surface area contributed by atoms with Crippen molar-refractivity contribution in [3.63, 3.8) is 0 Å². The molecule has 3 heterocycles. The van der Waals surface area contributed by atoms with E-state index in [2.05, 4.69) is 35.3 Å². The van der Waals surface area contributed by atoms with Crippen LogP contribution in [-0.2, 0) is 14.8 Å². The third-order valence-electron chi connectivity index (χ3n) is 5.52. The maximum atomic E-state index is 14.9. The number of pyridine rings is 1. The average Bonchev–Trinajstić information content (AvgIpc) is 3.39. The summed E-state index contributed by atoms with van der Waals surface area (Å²) in [6.45, 7) is 1.26. The molecule has 1 aliphatic heterocycles. The van der Waals surface area contributed by atoms with Crippen LogP contribution < -0.4 is 15.4 Å². The van der Waals surface area contributed by atoms with Gasteiger partial charge >= 0.3 is 0 Å². The molecule has 13 heteroatoms. The molecule has 5 rings (SSSR count). The molecule has 0 bridgehead atoms. The van der Waals surface area contributed by atoms with Gasteiger partial charge in [-0.3, -0.25) is 9.71 Å². The summed E-state index contributed by atoms with van der Waals surface area (Å²) < 4.78 is 47.9. The van der Waals surface area contributed by atoms with Crippen LogP contribution in [0.25, 0.3) is 11.4 Å². The summed E-state index contributed by atoms with van der Waals surface area (Å²) in [5.41, 5.74) is 1.30. The Bertz CT molecular complexity index is 1530. The molecule has 1 aliphatic rings. The second-order valence-corrected chi connectivity index (χ2v) is 10.2. The molecule has 1 fully saturated rings. The molecule has 4 aromatic rings. The summed E-state index contributed by atoms with van der Waals surface area (Å²) in [6.07, 6.45) is 5.42. The Morgan fingerprint density at radius 3 is 2.73 bits per heavy atom. The van der Waals surface area contributed by atoms with Crippen LogP contribution in [0.4, 0.5) is 27.4 Å². The Hall–Kier alpha value is -3.87. The minimum atomic E-state index is -4.08. The number of sulfonamides is 1. The zero-order valence-corrected chi connectivity index (χ0v) is 20.8. The first-order valence-electron chi connectivity index (χ1n) is 11.2. The molecule has 37 heavy (non-hydrogen) atoms. The van der Waals surface area contributed by atoms with Crippen molar-refractivity contribution in [3.8, 4) is 11.4 Å². The predicted octanol–water partition coefficient (Wildman–Crippen LogP) is 4.47. The van der Waals surface area contributed by atoms with Crippen LogP contribution in [0.1, 0.15) is 6.42 Å². The van der Waals surface area contributed by atoms with Gasteiger partial charge in [-0.25, -0.2) is 22.8 Å². The predicted molar refractivity (Wildman–Crippen MR) is 138 cm³/mol. The molecule has 10 nitrogen and oxygen atoms in total. The lowest BCUT2D eigenvalue weighted by atomic mass is 10.2. The van der Waals surface area contributed by atoms with E-state index in [1.54, 1.807) is 24.5 Å². The van der Waals surface area contributed by atoms with Crippen molar-refractivity contribution in [3.05, 3.63) is 78.1 Å². The van der Waals surface area contributed by atoms with Crippen LogP contribution in [-0.4, -0.2) is 47.6 Å². The lowest BCUT2D eigenvalue weighted by molar-refractivity contribution is 0.195. The van der Waals surface area contributed by atoms with Crippen molar-refractivity contribution in [2.24, 2.45) is 0 Å². The van der Waals surface area contributed by atoms with E-state index >= 15 is 0 Å². The van der Waals surface area contributed by atoms with Crippen LogP contribution in [0, 0.1) is 5.82 Å². The Morgan fingerprint density at radius 2 is 1.95 bits per heavy atom. The number of aromatic nitrogens is 4. The zero-order valence-electron chi connectivity index (χ0n) is 19.2. The van der Waals surface area contributed by atoms with Gasteiger partial charge < -0.3 is 15.4 Å². The largest absolute Gasteiger partial charge is 0.379 e. The normalized spacial score (nSPS) is 15.4. The molecular weight excluding hydrogens is 521 g/mol. The summed E-state index contributed by atoms with van der Waals surface area (Å²) in [5.74, 6) is 0.00905. The molecule has 190 valence electrons. The molecule has 1 saturated heterocycles. The van der Waals surface area contributed by atoms with E-state index in [0.29, 0.717) is 41.9 Å². The Balaban J connectivity index is 1.36. The highest BCUT2D eigenvalue weighted by atomic mass is 35.5. The highest BCUT2D eigenvalue weighted by Gasteiger charge is 2.20. The highest BCUT2D eigenvalue weighted by Crippen LogP contribution is 2.30. The van der Waals surface area contributed by atoms with Crippen LogP contribution in [0.15, 0.2) is 72.1 Å². The van der Waals surface area contributed by atoms with Gasteiger partial charge in [0.25, 0.3) is 10.0 Å². The minimum absolute atomic E-state index is 0.0344. The van der Waals surface area contributed by atoms with E-state index in [0.717, 1.165) is 6.42 Å². The van der Waals surface area contributed by atoms with Crippen LogP contribution in [0.5, 0.6) is 0 Å². The number of hydrogen-bond acceptors (Lipinski definition) is 9. The number of hydrogen-bond donors (Lipinski definition) is 3. The van der Waals surface area contributed by atoms with Crippen molar-refractivity contribution in [1.29, 1.82) is 0 Å². The van der Waals surface area contributed by atoms with E-state index in [4.69, 9.17) is 16.3 Å². The molecule has 3 N–H and O–H groups in total. The summed E-state index contributed by atoms with van der Waals surface area (Å²) in [5, 5.41) is 6.38. The maximum Gasteiger partial charge on any atom is 0.263 e. The highest BCUT2D eigenvalue weighted by molar-refractivity contribution is 7.92. The molecule has 0 unspecified atom stereocenters. The van der Waals surface area contributed by atoms with Gasteiger partial charge in [0.1, 0.15) is 17.0 Å². The molecule has 1 atom stereocenters. The Labute approximate surface area is 217 Å². The molecule has 2 aromatic heterocycles. The van der Waals surface area contributed by atoms with Gasteiger partial charge in [0.2, 0.25) is 5.95 Å². The summed E-state index contributed by atoms with van der Waals surface area (Å²) in [4.78, 5) is 16.9. The summed E-state index contributed by atoms with van der Waals surface area (Å²) >= 11 is 6.00. The van der Waals surface area contributed by atoms with Crippen LogP contribution in [0.2, 0.25) is 5.02 Å². The van der Waals surface area contributed by atoms with Crippen LogP contribution >= 0.6 is 11.6 Å². The quantitative estimate of drug-likeness (QED) is 0.295. The number of anilines is 4. The van der Waals surface area contributed by atoms with Crippen molar-refractivity contribution in [2.45, 2.75) is 17.4 Å². The molecule has 0 radical (unpaired) electrons. The number of halogens is 2. The number of rotatable bonds is 8. The maximum absolute atomic E-state index is 14.9. The summed E-state index contributed by atoms with van der Waals surface area (Å²) in [7, 11) is -4.08. The second-order valence-electron chi connectivity index (χ2n) is 8.11. The van der Waals surface area contributed by atoms with Gasteiger partial charge in [-0.2, -0.15) is 4.98 Å². The summed E-state index contributed by atoms with van der Waals surface area (Å²) in [6, 6.07) is 11.8. The van der Waals surface area contributed by atoms with Gasteiger partial charge in [0.05, 0.1) is 34.6 Å². The average molecular weight is 542 g/mol. The number of benzene rings is 2. The van der Waals surface area contributed by atoms with Gasteiger partial charge in [-0.15, -0.1) is 0 Å². The minimum Gasteiger partial charge on any atom is -0.379 e. The standard InChI is InChI=1S/C24H21ClFN7O3S/c25-18-3-1-2-4-22(18)37(34,35)33-21-6-5-15(11-19(21)26)30-20-7-9-27-12-17(20)23-28-14-29-24(32-23)31-16-8-10-36-13-16/h1-7,9,11-12,14,16,33H,8,10,13H2,(H,27,30)(H,28,29,31,32)/t16-/m0/s1. The fourth-order valence-corrected chi connectivity index (χ4v) is 5.29. The molecule has 0 aliphatic carbocycles. The van der Waals surface area contributed by atoms with Gasteiger partial charge in [0.15, 0.2) is 5.82 Å². The number of nitrogens with zero attached hydrogens (tertiary/aromatic N) is 4. The molecule has 0 spiro atoms. The molecule has 2 aromatic carbocycles. The monoisotopic (exact) mass is 541 g/mol. The topological polar surface area (TPSA) is 131 Å². The third kappa shape index (κ3) is 5.77. The number of ether oxygens (including phenoxy) is 1. The second kappa shape index (κ2) is 10.6. The Morgan fingerprint density at radius 1 is 1.08 bits per heavy atom. The van der Waals surface area contributed by atoms with Crippen molar-refractivity contribution < 1.29 is 17.5 Å². The smallest absolute Gasteiger partial charge is 0.263 e. The van der Waals surface area contributed by atoms with Crippen molar-refractivity contribution in [1.82, 2.24) is 19.9 Å². The lowest BCUT2D eigenvalue weighted by Gasteiger charge is -2.14. The fourth-order valence-electron chi connectivity index (χ4n) is 3.70. The van der Waals surface area contributed by atoms with Gasteiger partial charge in [0, 0.05) is 24.7 Å². The first-order valence-corrected chi connectivity index (χ1v) is 13.1. The van der Waals surface area contributed by atoms with Gasteiger partial charge in [-0.1, -0.05) is 23.7 Å². The van der Waals surface area contributed by atoms with Crippen molar-refractivity contribution >= 4 is 44.6 Å². The molecular formula is C24H21ClFN7O3S. The Kier molecular flexibility index (Phi) is 7.12. The first kappa shape index (κ1) is 24.8. The van der Waals surface area contributed by atoms with E-state index in [-0.39, 0.29) is 21.6 Å². The van der Waals surface area contributed by atoms with Gasteiger partial charge in [-0.05, 0) is 42.8 Å². The van der Waals surface area contributed by atoms with E-state index < -0.39 is 15.8 Å². The molecule has 0 amide bonds.